The van der Waals surface area contributed by atoms with Crippen LogP contribution in [0.5, 0.6) is 0 Å². The van der Waals surface area contributed by atoms with Crippen molar-refractivity contribution in [1.82, 2.24) is 30.1 Å². The summed E-state index contributed by atoms with van der Waals surface area (Å²) in [4.78, 5) is 9.82. The molecule has 2 aromatic carbocycles. The summed E-state index contributed by atoms with van der Waals surface area (Å²) in [5.74, 6) is 0.996. The summed E-state index contributed by atoms with van der Waals surface area (Å²) < 4.78 is 3.26. The lowest BCUT2D eigenvalue weighted by atomic mass is 10.1. The standard InChI is InChI=1S/C24H29N7S/c1-2-8-21(23-26-27-28-31(23)14-13-19-9-4-3-5-10-19)29-15-17-30(18-16-29)24-25-20-11-6-7-12-22(20)32-24/h3-7,9-12,21H,2,8,13-18H2,1H3/t21-/m1/s1. The average molecular weight is 448 g/mol. The van der Waals surface area contributed by atoms with Gasteiger partial charge in [0.2, 0.25) is 0 Å². The molecule has 0 saturated carbocycles. The zero-order valence-electron chi connectivity index (χ0n) is 18.5. The predicted molar refractivity (Wildman–Crippen MR) is 129 cm³/mol. The molecule has 1 atom stereocenters. The molecule has 1 saturated heterocycles. The van der Waals surface area contributed by atoms with Crippen LogP contribution in [0.1, 0.15) is 37.2 Å². The molecule has 2 aromatic heterocycles. The van der Waals surface area contributed by atoms with Crippen LogP contribution in [0.3, 0.4) is 0 Å². The number of tetrazole rings is 1. The van der Waals surface area contributed by atoms with E-state index in [0.29, 0.717) is 0 Å². The van der Waals surface area contributed by atoms with Crippen molar-refractivity contribution < 1.29 is 0 Å². The molecule has 32 heavy (non-hydrogen) atoms. The average Bonchev–Trinajstić information content (AvgIpc) is 3.49. The molecular weight excluding hydrogens is 418 g/mol. The minimum atomic E-state index is 0.253. The van der Waals surface area contributed by atoms with Gasteiger partial charge in [-0.1, -0.05) is 67.1 Å². The summed E-state index contributed by atoms with van der Waals surface area (Å²) in [5.41, 5.74) is 2.40. The van der Waals surface area contributed by atoms with Crippen LogP contribution in [0, 0.1) is 0 Å². The van der Waals surface area contributed by atoms with Gasteiger partial charge < -0.3 is 4.90 Å². The van der Waals surface area contributed by atoms with Crippen LogP contribution in [0.15, 0.2) is 54.6 Å². The molecule has 0 unspecified atom stereocenters. The van der Waals surface area contributed by atoms with Gasteiger partial charge in [-0.25, -0.2) is 9.67 Å². The lowest BCUT2D eigenvalue weighted by Crippen LogP contribution is -2.48. The Hall–Kier alpha value is -2.84. The van der Waals surface area contributed by atoms with Gasteiger partial charge in [-0.05, 0) is 41.0 Å². The van der Waals surface area contributed by atoms with Crippen molar-refractivity contribution in [1.29, 1.82) is 0 Å². The van der Waals surface area contributed by atoms with Gasteiger partial charge in [-0.15, -0.1) is 5.10 Å². The molecule has 1 aliphatic heterocycles. The number of thiazole rings is 1. The zero-order chi connectivity index (χ0) is 21.8. The Kier molecular flexibility index (Phi) is 6.41. The van der Waals surface area contributed by atoms with E-state index in [4.69, 9.17) is 4.98 Å². The van der Waals surface area contributed by atoms with Crippen LogP contribution in [-0.2, 0) is 13.0 Å². The fourth-order valence-corrected chi connectivity index (χ4v) is 5.47. The van der Waals surface area contributed by atoms with E-state index >= 15 is 0 Å². The smallest absolute Gasteiger partial charge is 0.186 e. The number of aromatic nitrogens is 5. The maximum atomic E-state index is 4.85. The Morgan fingerprint density at radius 3 is 2.53 bits per heavy atom. The molecule has 1 aliphatic rings. The van der Waals surface area contributed by atoms with Crippen LogP contribution in [0.4, 0.5) is 5.13 Å². The third-order valence-electron chi connectivity index (χ3n) is 6.18. The van der Waals surface area contributed by atoms with Gasteiger partial charge >= 0.3 is 0 Å². The van der Waals surface area contributed by atoms with Crippen molar-refractivity contribution in [3.05, 3.63) is 66.0 Å². The Bertz CT molecular complexity index is 1100. The summed E-state index contributed by atoms with van der Waals surface area (Å²) in [6.45, 7) is 6.98. The number of piperazine rings is 1. The number of rotatable bonds is 8. The lowest BCUT2D eigenvalue weighted by Gasteiger charge is -2.38. The van der Waals surface area contributed by atoms with Gasteiger partial charge in [0.05, 0.1) is 16.3 Å². The first-order valence-corrected chi connectivity index (χ1v) is 12.3. The predicted octanol–water partition coefficient (Wildman–Crippen LogP) is 4.19. The SMILES string of the molecule is CCC[C@H](c1nnnn1CCc1ccccc1)N1CCN(c2nc3ccccc3s2)CC1. The second-order valence-corrected chi connectivity index (χ2v) is 9.30. The van der Waals surface area contributed by atoms with Crippen molar-refractivity contribution in [2.45, 2.75) is 38.8 Å². The Labute approximate surface area is 192 Å². The number of hydrogen-bond acceptors (Lipinski definition) is 7. The van der Waals surface area contributed by atoms with E-state index in [-0.39, 0.29) is 6.04 Å². The Balaban J connectivity index is 1.26. The van der Waals surface area contributed by atoms with E-state index in [1.165, 1.54) is 10.3 Å². The van der Waals surface area contributed by atoms with Crippen LogP contribution < -0.4 is 4.90 Å². The molecule has 3 heterocycles. The maximum absolute atomic E-state index is 4.85. The topological polar surface area (TPSA) is 63.0 Å². The minimum Gasteiger partial charge on any atom is -0.345 e. The first-order valence-electron chi connectivity index (χ1n) is 11.5. The lowest BCUT2D eigenvalue weighted by molar-refractivity contribution is 0.164. The van der Waals surface area contributed by atoms with Crippen LogP contribution in [0.25, 0.3) is 10.2 Å². The monoisotopic (exact) mass is 447 g/mol. The van der Waals surface area contributed by atoms with Crippen molar-refractivity contribution in [3.63, 3.8) is 0 Å². The third kappa shape index (κ3) is 4.52. The highest BCUT2D eigenvalue weighted by atomic mass is 32.1. The Morgan fingerprint density at radius 2 is 1.75 bits per heavy atom. The fraction of sp³-hybridized carbons (Fsp3) is 0.417. The summed E-state index contributed by atoms with van der Waals surface area (Å²) in [6.07, 6.45) is 3.10. The van der Waals surface area contributed by atoms with Crippen LogP contribution in [-0.4, -0.2) is 56.3 Å². The number of nitrogens with zero attached hydrogens (tertiary/aromatic N) is 7. The summed E-state index contributed by atoms with van der Waals surface area (Å²) in [7, 11) is 0. The van der Waals surface area contributed by atoms with Crippen molar-refractivity contribution in [3.8, 4) is 0 Å². The molecule has 0 spiro atoms. The molecular formula is C24H29N7S. The fourth-order valence-electron chi connectivity index (χ4n) is 4.46. The van der Waals surface area contributed by atoms with E-state index in [0.717, 1.165) is 68.5 Å². The zero-order valence-corrected chi connectivity index (χ0v) is 19.3. The maximum Gasteiger partial charge on any atom is 0.186 e. The number of anilines is 1. The number of fused-ring (bicyclic) bond motifs is 1. The number of benzene rings is 2. The summed E-state index contributed by atoms with van der Waals surface area (Å²) in [5, 5.41) is 14.0. The molecule has 5 rings (SSSR count). The van der Waals surface area contributed by atoms with E-state index in [1.807, 2.05) is 4.68 Å². The molecule has 8 heteroatoms. The first kappa shape index (κ1) is 21.0. The van der Waals surface area contributed by atoms with Gasteiger partial charge in [0, 0.05) is 32.7 Å². The summed E-state index contributed by atoms with van der Waals surface area (Å²) in [6, 6.07) is 19.2. The van der Waals surface area contributed by atoms with Gasteiger partial charge in [0.25, 0.3) is 0 Å². The van der Waals surface area contributed by atoms with Gasteiger partial charge in [0.15, 0.2) is 11.0 Å². The van der Waals surface area contributed by atoms with Crippen LogP contribution >= 0.6 is 11.3 Å². The highest BCUT2D eigenvalue weighted by molar-refractivity contribution is 7.22. The highest BCUT2D eigenvalue weighted by Gasteiger charge is 2.29. The third-order valence-corrected chi connectivity index (χ3v) is 7.28. The number of para-hydroxylation sites is 1. The first-order chi connectivity index (χ1) is 15.8. The largest absolute Gasteiger partial charge is 0.345 e. The molecule has 7 nitrogen and oxygen atoms in total. The second kappa shape index (κ2) is 9.75. The molecule has 0 amide bonds. The molecule has 166 valence electrons. The second-order valence-electron chi connectivity index (χ2n) is 8.29. The molecule has 0 bridgehead atoms. The summed E-state index contributed by atoms with van der Waals surface area (Å²) >= 11 is 1.79. The molecule has 4 aromatic rings. The number of hydrogen-bond donors (Lipinski definition) is 0. The quantitative estimate of drug-likeness (QED) is 0.404. The van der Waals surface area contributed by atoms with E-state index in [2.05, 4.69) is 86.8 Å². The van der Waals surface area contributed by atoms with E-state index in [9.17, 15) is 0 Å². The number of aryl methyl sites for hydroxylation is 2. The van der Waals surface area contributed by atoms with Crippen molar-refractivity contribution in [2.24, 2.45) is 0 Å². The normalized spacial score (nSPS) is 16.0. The Morgan fingerprint density at radius 1 is 0.969 bits per heavy atom. The van der Waals surface area contributed by atoms with Crippen LogP contribution in [0.2, 0.25) is 0 Å². The van der Waals surface area contributed by atoms with Crippen molar-refractivity contribution >= 4 is 26.7 Å². The minimum absolute atomic E-state index is 0.253. The molecule has 0 radical (unpaired) electrons. The van der Waals surface area contributed by atoms with Crippen molar-refractivity contribution in [2.75, 3.05) is 31.1 Å². The van der Waals surface area contributed by atoms with Gasteiger partial charge in [-0.3, -0.25) is 4.90 Å². The van der Waals surface area contributed by atoms with E-state index < -0.39 is 0 Å². The molecule has 0 N–H and O–H groups in total. The highest BCUT2D eigenvalue weighted by Crippen LogP contribution is 2.31. The molecule has 0 aliphatic carbocycles. The van der Waals surface area contributed by atoms with E-state index in [1.54, 1.807) is 11.3 Å². The van der Waals surface area contributed by atoms with Gasteiger partial charge in [-0.2, -0.15) is 0 Å². The van der Waals surface area contributed by atoms with Gasteiger partial charge in [0.1, 0.15) is 0 Å². The molecule has 1 fully saturated rings.